The molecule has 4 nitrogen and oxygen atoms in total. The number of para-hydroxylation sites is 2. The van der Waals surface area contributed by atoms with E-state index < -0.39 is 0 Å². The van der Waals surface area contributed by atoms with Gasteiger partial charge in [0.2, 0.25) is 5.89 Å². The van der Waals surface area contributed by atoms with Gasteiger partial charge in [0, 0.05) is 20.4 Å². The lowest BCUT2D eigenvalue weighted by Gasteiger charge is -2.11. The molecule has 1 amide bonds. The van der Waals surface area contributed by atoms with Gasteiger partial charge in [0.15, 0.2) is 5.58 Å². The smallest absolute Gasteiger partial charge is 0.255 e. The first-order chi connectivity index (χ1) is 12.6. The number of anilines is 1. The van der Waals surface area contributed by atoms with E-state index in [0.717, 1.165) is 31.5 Å². The van der Waals surface area contributed by atoms with E-state index in [1.54, 1.807) is 6.07 Å². The van der Waals surface area contributed by atoms with Crippen molar-refractivity contribution in [3.8, 4) is 11.5 Å². The standard InChI is InChI=1S/C21H15IN2O2/c1-13-16(21-24-18-9-2-3-11-19(18)26-21)8-5-10-17(13)23-20(25)14-6-4-7-15(22)12-14/h2-12H,1H3,(H,23,25). The number of hydrogen-bond donors (Lipinski definition) is 1. The molecular formula is C21H15IN2O2. The Morgan fingerprint density at radius 3 is 2.65 bits per heavy atom. The summed E-state index contributed by atoms with van der Waals surface area (Å²) in [5.74, 6) is 0.412. The van der Waals surface area contributed by atoms with Crippen molar-refractivity contribution >= 4 is 45.3 Å². The van der Waals surface area contributed by atoms with Crippen molar-refractivity contribution in [2.24, 2.45) is 0 Å². The summed E-state index contributed by atoms with van der Waals surface area (Å²) in [4.78, 5) is 17.1. The molecule has 0 aliphatic rings. The van der Waals surface area contributed by atoms with Gasteiger partial charge in [-0.25, -0.2) is 4.98 Å². The number of hydrogen-bond acceptors (Lipinski definition) is 3. The third-order valence-corrected chi connectivity index (χ3v) is 4.86. The molecule has 0 bridgehead atoms. The van der Waals surface area contributed by atoms with Crippen LogP contribution in [0.1, 0.15) is 15.9 Å². The van der Waals surface area contributed by atoms with E-state index in [2.05, 4.69) is 32.9 Å². The summed E-state index contributed by atoms with van der Waals surface area (Å²) >= 11 is 2.20. The summed E-state index contributed by atoms with van der Waals surface area (Å²) in [6.45, 7) is 1.95. The number of nitrogens with one attached hydrogen (secondary N) is 1. The van der Waals surface area contributed by atoms with Crippen LogP contribution in [0.5, 0.6) is 0 Å². The first-order valence-corrected chi connectivity index (χ1v) is 9.22. The van der Waals surface area contributed by atoms with E-state index in [0.29, 0.717) is 11.5 Å². The van der Waals surface area contributed by atoms with Gasteiger partial charge in [-0.05, 0) is 77.5 Å². The molecule has 0 spiro atoms. The van der Waals surface area contributed by atoms with Crippen molar-refractivity contribution in [3.63, 3.8) is 0 Å². The van der Waals surface area contributed by atoms with Crippen molar-refractivity contribution < 1.29 is 9.21 Å². The summed E-state index contributed by atoms with van der Waals surface area (Å²) < 4.78 is 6.89. The molecule has 0 saturated heterocycles. The van der Waals surface area contributed by atoms with Crippen LogP contribution in [0.4, 0.5) is 5.69 Å². The van der Waals surface area contributed by atoms with Crippen LogP contribution in [0.3, 0.4) is 0 Å². The van der Waals surface area contributed by atoms with Gasteiger partial charge in [-0.1, -0.05) is 24.3 Å². The monoisotopic (exact) mass is 454 g/mol. The Kier molecular flexibility index (Phi) is 4.46. The molecule has 1 heterocycles. The molecule has 4 aromatic rings. The molecule has 0 fully saturated rings. The van der Waals surface area contributed by atoms with Crippen LogP contribution in [-0.2, 0) is 0 Å². The SMILES string of the molecule is Cc1c(NC(=O)c2cccc(I)c2)cccc1-c1nc2ccccc2o1. The van der Waals surface area contributed by atoms with Gasteiger partial charge in [-0.15, -0.1) is 0 Å². The highest BCUT2D eigenvalue weighted by Gasteiger charge is 2.14. The molecule has 0 unspecified atom stereocenters. The van der Waals surface area contributed by atoms with E-state index in [4.69, 9.17) is 4.42 Å². The minimum absolute atomic E-state index is 0.138. The number of rotatable bonds is 3. The maximum Gasteiger partial charge on any atom is 0.255 e. The maximum absolute atomic E-state index is 12.6. The number of aromatic nitrogens is 1. The van der Waals surface area contributed by atoms with Crippen LogP contribution in [-0.4, -0.2) is 10.9 Å². The van der Waals surface area contributed by atoms with Crippen LogP contribution >= 0.6 is 22.6 Å². The van der Waals surface area contributed by atoms with Crippen molar-refractivity contribution in [2.45, 2.75) is 6.92 Å². The van der Waals surface area contributed by atoms with Crippen LogP contribution in [0.15, 0.2) is 71.1 Å². The van der Waals surface area contributed by atoms with Gasteiger partial charge in [0.1, 0.15) is 5.52 Å². The van der Waals surface area contributed by atoms with Gasteiger partial charge < -0.3 is 9.73 Å². The normalized spacial score (nSPS) is 10.8. The highest BCUT2D eigenvalue weighted by atomic mass is 127. The molecule has 128 valence electrons. The van der Waals surface area contributed by atoms with Gasteiger partial charge in [0.05, 0.1) is 0 Å². The molecule has 1 N–H and O–H groups in total. The first-order valence-electron chi connectivity index (χ1n) is 8.14. The fourth-order valence-corrected chi connectivity index (χ4v) is 3.36. The summed E-state index contributed by atoms with van der Waals surface area (Å²) in [6.07, 6.45) is 0. The average Bonchev–Trinajstić information content (AvgIpc) is 3.07. The second kappa shape index (κ2) is 6.92. The van der Waals surface area contributed by atoms with Crippen LogP contribution in [0.2, 0.25) is 0 Å². The average molecular weight is 454 g/mol. The van der Waals surface area contributed by atoms with Crippen LogP contribution in [0, 0.1) is 10.5 Å². The van der Waals surface area contributed by atoms with Gasteiger partial charge in [-0.2, -0.15) is 0 Å². The quantitative estimate of drug-likeness (QED) is 0.407. The number of carbonyl (C=O) groups excluding carboxylic acids is 1. The second-order valence-electron chi connectivity index (χ2n) is 5.93. The molecule has 0 aliphatic carbocycles. The largest absolute Gasteiger partial charge is 0.436 e. The van der Waals surface area contributed by atoms with E-state index in [-0.39, 0.29) is 5.91 Å². The van der Waals surface area contributed by atoms with Crippen molar-refractivity contribution in [1.29, 1.82) is 0 Å². The molecule has 1 aromatic heterocycles. The third kappa shape index (κ3) is 3.22. The maximum atomic E-state index is 12.6. The third-order valence-electron chi connectivity index (χ3n) is 4.19. The van der Waals surface area contributed by atoms with E-state index >= 15 is 0 Å². The second-order valence-corrected chi connectivity index (χ2v) is 7.17. The lowest BCUT2D eigenvalue weighted by molar-refractivity contribution is 0.102. The molecule has 0 atom stereocenters. The lowest BCUT2D eigenvalue weighted by Crippen LogP contribution is -2.13. The van der Waals surface area contributed by atoms with Crippen molar-refractivity contribution in [2.75, 3.05) is 5.32 Å². The Morgan fingerprint density at radius 2 is 1.85 bits per heavy atom. The summed E-state index contributed by atoms with van der Waals surface area (Å²) in [6, 6.07) is 20.9. The van der Waals surface area contributed by atoms with Crippen LogP contribution in [0.25, 0.3) is 22.6 Å². The topological polar surface area (TPSA) is 55.1 Å². The van der Waals surface area contributed by atoms with Gasteiger partial charge >= 0.3 is 0 Å². The summed E-state index contributed by atoms with van der Waals surface area (Å²) in [7, 11) is 0. The molecule has 26 heavy (non-hydrogen) atoms. The molecule has 0 radical (unpaired) electrons. The lowest BCUT2D eigenvalue weighted by atomic mass is 10.1. The Balaban J connectivity index is 1.68. The Labute approximate surface area is 164 Å². The van der Waals surface area contributed by atoms with Gasteiger partial charge in [-0.3, -0.25) is 4.79 Å². The first kappa shape index (κ1) is 16.8. The number of halogens is 1. The van der Waals surface area contributed by atoms with E-state index in [9.17, 15) is 4.79 Å². The number of benzene rings is 3. The highest BCUT2D eigenvalue weighted by molar-refractivity contribution is 14.1. The minimum atomic E-state index is -0.138. The molecular weight excluding hydrogens is 439 g/mol. The highest BCUT2D eigenvalue weighted by Crippen LogP contribution is 2.30. The molecule has 5 heteroatoms. The number of nitrogens with zero attached hydrogens (tertiary/aromatic N) is 1. The van der Waals surface area contributed by atoms with E-state index in [1.807, 2.05) is 67.6 Å². The Hall–Kier alpha value is -2.67. The molecule has 4 rings (SSSR count). The Morgan fingerprint density at radius 1 is 1.04 bits per heavy atom. The number of amides is 1. The summed E-state index contributed by atoms with van der Waals surface area (Å²) in [5.41, 5.74) is 4.71. The van der Waals surface area contributed by atoms with Crippen molar-refractivity contribution in [1.82, 2.24) is 4.98 Å². The zero-order chi connectivity index (χ0) is 18.1. The predicted octanol–water partition coefficient (Wildman–Crippen LogP) is 5.66. The van der Waals surface area contributed by atoms with E-state index in [1.165, 1.54) is 0 Å². The molecule has 0 saturated carbocycles. The van der Waals surface area contributed by atoms with Crippen molar-refractivity contribution in [3.05, 3.63) is 81.4 Å². The predicted molar refractivity (Wildman–Crippen MR) is 111 cm³/mol. The zero-order valence-electron chi connectivity index (χ0n) is 14.0. The number of fused-ring (bicyclic) bond motifs is 1. The number of carbonyl (C=O) groups is 1. The minimum Gasteiger partial charge on any atom is -0.436 e. The van der Waals surface area contributed by atoms with Crippen LogP contribution < -0.4 is 5.32 Å². The summed E-state index contributed by atoms with van der Waals surface area (Å²) in [5, 5.41) is 2.99. The molecule has 0 aliphatic heterocycles. The zero-order valence-corrected chi connectivity index (χ0v) is 16.2. The fraction of sp³-hybridized carbons (Fsp3) is 0.0476. The Bertz CT molecular complexity index is 1080. The fourth-order valence-electron chi connectivity index (χ4n) is 2.81. The van der Waals surface area contributed by atoms with Gasteiger partial charge in [0.25, 0.3) is 5.91 Å². The number of oxazole rings is 1. The molecule has 3 aromatic carbocycles.